The largest absolute Gasteiger partial charge is 0.368 e. The van der Waals surface area contributed by atoms with Crippen molar-refractivity contribution in [3.05, 3.63) is 17.0 Å². The summed E-state index contributed by atoms with van der Waals surface area (Å²) in [6.45, 7) is 2.70. The Hall–Kier alpha value is -1.31. The molecule has 0 unspecified atom stereocenters. The number of nitrogens with one attached hydrogen (secondary N) is 1. The van der Waals surface area contributed by atoms with Gasteiger partial charge in [-0.05, 0) is 31.9 Å². The van der Waals surface area contributed by atoms with E-state index in [2.05, 4.69) is 14.7 Å². The van der Waals surface area contributed by atoms with Gasteiger partial charge in [-0.1, -0.05) is 0 Å². The smallest absolute Gasteiger partial charge is 0.255 e. The fraction of sp³-hybridized carbons (Fsp3) is 0.417. The number of hydrogen-bond donors (Lipinski definition) is 1. The van der Waals surface area contributed by atoms with Crippen LogP contribution in [0.3, 0.4) is 0 Å². The molecule has 1 aliphatic rings. The summed E-state index contributed by atoms with van der Waals surface area (Å²) < 4.78 is 9.59. The SMILES string of the molecule is Cc1ccc(-c2nsc(NC(=O)[C@H]3CCCO3)n2)s1. The van der Waals surface area contributed by atoms with Gasteiger partial charge in [0.25, 0.3) is 5.91 Å². The van der Waals surface area contributed by atoms with E-state index in [1.807, 2.05) is 19.1 Å². The van der Waals surface area contributed by atoms with Gasteiger partial charge in [-0.2, -0.15) is 9.36 Å². The number of carbonyl (C=O) groups excluding carboxylic acids is 1. The van der Waals surface area contributed by atoms with Gasteiger partial charge in [-0.15, -0.1) is 11.3 Å². The molecule has 7 heteroatoms. The molecule has 5 nitrogen and oxygen atoms in total. The standard InChI is InChI=1S/C12H13N3O2S2/c1-7-4-5-9(18-7)10-13-12(19-15-10)14-11(16)8-3-2-6-17-8/h4-5,8H,2-3,6H2,1H3,(H,13,14,15,16)/t8-/m1/s1. The van der Waals surface area contributed by atoms with Gasteiger partial charge in [0.05, 0.1) is 4.88 Å². The first-order chi connectivity index (χ1) is 9.22. The molecule has 1 N–H and O–H groups in total. The molecule has 3 rings (SSSR count). The molecule has 2 aromatic heterocycles. The number of anilines is 1. The van der Waals surface area contributed by atoms with Crippen LogP contribution in [0.1, 0.15) is 17.7 Å². The Morgan fingerprint density at radius 1 is 1.53 bits per heavy atom. The normalized spacial score (nSPS) is 18.7. The van der Waals surface area contributed by atoms with E-state index in [0.717, 1.165) is 17.7 Å². The molecule has 3 heterocycles. The molecule has 0 spiro atoms. The van der Waals surface area contributed by atoms with Crippen LogP contribution in [-0.4, -0.2) is 28.0 Å². The third kappa shape index (κ3) is 2.83. The molecule has 1 fully saturated rings. The molecule has 0 aromatic carbocycles. The maximum absolute atomic E-state index is 11.9. The summed E-state index contributed by atoms with van der Waals surface area (Å²) in [5.41, 5.74) is 0. The summed E-state index contributed by atoms with van der Waals surface area (Å²) in [5, 5.41) is 3.30. The Bertz CT molecular complexity index is 587. The summed E-state index contributed by atoms with van der Waals surface area (Å²) in [4.78, 5) is 18.4. The second-order valence-electron chi connectivity index (χ2n) is 4.32. The highest BCUT2D eigenvalue weighted by Gasteiger charge is 2.24. The predicted molar refractivity (Wildman–Crippen MR) is 75.6 cm³/mol. The molecule has 100 valence electrons. The number of carbonyl (C=O) groups is 1. The Labute approximate surface area is 118 Å². The molecule has 2 aromatic rings. The Morgan fingerprint density at radius 3 is 3.11 bits per heavy atom. The van der Waals surface area contributed by atoms with Crippen LogP contribution < -0.4 is 5.32 Å². The molecule has 19 heavy (non-hydrogen) atoms. The van der Waals surface area contributed by atoms with Crippen molar-refractivity contribution >= 4 is 33.9 Å². The topological polar surface area (TPSA) is 64.1 Å². The summed E-state index contributed by atoms with van der Waals surface area (Å²) in [7, 11) is 0. The number of aromatic nitrogens is 2. The van der Waals surface area contributed by atoms with Crippen molar-refractivity contribution in [2.75, 3.05) is 11.9 Å². The van der Waals surface area contributed by atoms with Crippen LogP contribution in [-0.2, 0) is 9.53 Å². The van der Waals surface area contributed by atoms with Crippen LogP contribution >= 0.6 is 22.9 Å². The van der Waals surface area contributed by atoms with E-state index in [4.69, 9.17) is 4.74 Å². The zero-order valence-corrected chi connectivity index (χ0v) is 12.0. The average molecular weight is 295 g/mol. The predicted octanol–water partition coefficient (Wildman–Crippen LogP) is 2.69. The monoisotopic (exact) mass is 295 g/mol. The van der Waals surface area contributed by atoms with Crippen LogP contribution in [0, 0.1) is 6.92 Å². The quantitative estimate of drug-likeness (QED) is 0.945. The maximum Gasteiger partial charge on any atom is 0.255 e. The van der Waals surface area contributed by atoms with E-state index in [0.29, 0.717) is 17.6 Å². The molecule has 0 aliphatic carbocycles. The molecule has 1 aliphatic heterocycles. The van der Waals surface area contributed by atoms with Gasteiger partial charge in [-0.25, -0.2) is 0 Å². The Balaban J connectivity index is 1.69. The van der Waals surface area contributed by atoms with Crippen LogP contribution in [0.2, 0.25) is 0 Å². The van der Waals surface area contributed by atoms with E-state index >= 15 is 0 Å². The van der Waals surface area contributed by atoms with Gasteiger partial charge >= 0.3 is 0 Å². The molecule has 1 atom stereocenters. The van der Waals surface area contributed by atoms with Crippen molar-refractivity contribution < 1.29 is 9.53 Å². The van der Waals surface area contributed by atoms with Crippen molar-refractivity contribution in [1.82, 2.24) is 9.36 Å². The number of rotatable bonds is 3. The lowest BCUT2D eigenvalue weighted by molar-refractivity contribution is -0.124. The van der Waals surface area contributed by atoms with Crippen molar-refractivity contribution in [2.45, 2.75) is 25.9 Å². The van der Waals surface area contributed by atoms with Gasteiger partial charge in [0, 0.05) is 23.0 Å². The average Bonchev–Trinajstić information content (AvgIpc) is 3.07. The number of aryl methyl sites for hydroxylation is 1. The number of amides is 1. The number of nitrogens with zero attached hydrogens (tertiary/aromatic N) is 2. The molecular formula is C12H13N3O2S2. The summed E-state index contributed by atoms with van der Waals surface area (Å²) in [6.07, 6.45) is 1.38. The first-order valence-corrected chi connectivity index (χ1v) is 7.64. The minimum absolute atomic E-state index is 0.123. The lowest BCUT2D eigenvalue weighted by atomic mass is 10.2. The fourth-order valence-electron chi connectivity index (χ4n) is 1.90. The van der Waals surface area contributed by atoms with Crippen molar-refractivity contribution in [1.29, 1.82) is 0 Å². The summed E-state index contributed by atoms with van der Waals surface area (Å²) in [6, 6.07) is 4.03. The molecule has 0 radical (unpaired) electrons. The zero-order chi connectivity index (χ0) is 13.2. The molecule has 1 amide bonds. The van der Waals surface area contributed by atoms with Gasteiger partial charge < -0.3 is 4.74 Å². The third-order valence-electron chi connectivity index (χ3n) is 2.84. The maximum atomic E-state index is 11.9. The molecule has 1 saturated heterocycles. The first-order valence-electron chi connectivity index (χ1n) is 6.05. The molecular weight excluding hydrogens is 282 g/mol. The minimum atomic E-state index is -0.337. The van der Waals surface area contributed by atoms with E-state index in [9.17, 15) is 4.79 Å². The van der Waals surface area contributed by atoms with E-state index in [1.54, 1.807) is 11.3 Å². The van der Waals surface area contributed by atoms with E-state index < -0.39 is 0 Å². The first kappa shape index (κ1) is 12.7. The summed E-state index contributed by atoms with van der Waals surface area (Å²) >= 11 is 2.84. The van der Waals surface area contributed by atoms with Crippen molar-refractivity contribution in [3.8, 4) is 10.7 Å². The van der Waals surface area contributed by atoms with Crippen molar-refractivity contribution in [2.24, 2.45) is 0 Å². The highest BCUT2D eigenvalue weighted by atomic mass is 32.1. The molecule has 0 bridgehead atoms. The second kappa shape index (κ2) is 5.36. The Morgan fingerprint density at radius 2 is 2.42 bits per heavy atom. The summed E-state index contributed by atoms with van der Waals surface area (Å²) in [5.74, 6) is 0.549. The number of thiophene rings is 1. The third-order valence-corrected chi connectivity index (χ3v) is 4.47. The van der Waals surface area contributed by atoms with E-state index in [-0.39, 0.29) is 12.0 Å². The highest BCUT2D eigenvalue weighted by Crippen LogP contribution is 2.28. The van der Waals surface area contributed by atoms with Crippen LogP contribution in [0.4, 0.5) is 5.13 Å². The van der Waals surface area contributed by atoms with Crippen LogP contribution in [0.5, 0.6) is 0 Å². The fourth-order valence-corrected chi connectivity index (χ4v) is 3.34. The van der Waals surface area contributed by atoms with Gasteiger partial charge in [0.1, 0.15) is 6.10 Å². The second-order valence-corrected chi connectivity index (χ2v) is 6.36. The molecule has 0 saturated carbocycles. The Kier molecular flexibility index (Phi) is 3.58. The van der Waals surface area contributed by atoms with Crippen LogP contribution in [0.15, 0.2) is 12.1 Å². The lowest BCUT2D eigenvalue weighted by Crippen LogP contribution is -2.26. The number of hydrogen-bond acceptors (Lipinski definition) is 6. The van der Waals surface area contributed by atoms with Crippen molar-refractivity contribution in [3.63, 3.8) is 0 Å². The van der Waals surface area contributed by atoms with Gasteiger partial charge in [-0.3, -0.25) is 10.1 Å². The highest BCUT2D eigenvalue weighted by molar-refractivity contribution is 7.15. The minimum Gasteiger partial charge on any atom is -0.368 e. The van der Waals surface area contributed by atoms with Crippen LogP contribution in [0.25, 0.3) is 10.7 Å². The van der Waals surface area contributed by atoms with Gasteiger partial charge in [0.15, 0.2) is 5.82 Å². The van der Waals surface area contributed by atoms with E-state index in [1.165, 1.54) is 16.4 Å². The van der Waals surface area contributed by atoms with Gasteiger partial charge in [0.2, 0.25) is 5.13 Å². The zero-order valence-electron chi connectivity index (χ0n) is 10.4. The number of ether oxygens (including phenoxy) is 1. The lowest BCUT2D eigenvalue weighted by Gasteiger charge is -2.07.